The van der Waals surface area contributed by atoms with E-state index in [1.165, 1.54) is 6.42 Å². The average Bonchev–Trinajstić information content (AvgIpc) is 2.85. The van der Waals surface area contributed by atoms with Gasteiger partial charge < -0.3 is 14.4 Å². The molecule has 2 saturated heterocycles. The van der Waals surface area contributed by atoms with Gasteiger partial charge in [0.05, 0.1) is 12.7 Å². The summed E-state index contributed by atoms with van der Waals surface area (Å²) in [7, 11) is 0. The minimum absolute atomic E-state index is 0.516. The molecule has 0 aromatic heterocycles. The molecular weight excluding hydrogens is 216 g/mol. The van der Waals surface area contributed by atoms with Crippen LogP contribution in [0, 0.1) is 17.2 Å². The van der Waals surface area contributed by atoms with Crippen LogP contribution < -0.4 is 0 Å². The Hall–Kier alpha value is -0.630. The van der Waals surface area contributed by atoms with Gasteiger partial charge in [0, 0.05) is 45.7 Å². The molecule has 1 unspecified atom stereocenters. The first-order valence-electron chi connectivity index (χ1n) is 6.63. The third kappa shape index (κ3) is 3.19. The van der Waals surface area contributed by atoms with E-state index in [0.717, 1.165) is 45.7 Å². The molecule has 0 bridgehead atoms. The zero-order chi connectivity index (χ0) is 12.1. The van der Waals surface area contributed by atoms with Gasteiger partial charge in [-0.2, -0.15) is 5.26 Å². The Bertz CT molecular complexity index is 274. The molecule has 0 radical (unpaired) electrons. The lowest BCUT2D eigenvalue weighted by Crippen LogP contribution is -2.46. The van der Waals surface area contributed by atoms with E-state index in [0.29, 0.717) is 12.5 Å². The summed E-state index contributed by atoms with van der Waals surface area (Å²) in [6, 6.07) is 2.36. The van der Waals surface area contributed by atoms with Gasteiger partial charge in [-0.1, -0.05) is 0 Å². The highest BCUT2D eigenvalue weighted by molar-refractivity contribution is 5.05. The van der Waals surface area contributed by atoms with E-state index in [4.69, 9.17) is 9.47 Å². The average molecular weight is 238 g/mol. The van der Waals surface area contributed by atoms with Crippen LogP contribution >= 0.6 is 0 Å². The van der Waals surface area contributed by atoms with Gasteiger partial charge in [-0.15, -0.1) is 0 Å². The Balaban J connectivity index is 1.78. The van der Waals surface area contributed by atoms with Crippen molar-refractivity contribution < 1.29 is 9.47 Å². The summed E-state index contributed by atoms with van der Waals surface area (Å²) in [6.07, 6.45) is 2.86. The second kappa shape index (κ2) is 5.81. The van der Waals surface area contributed by atoms with E-state index >= 15 is 0 Å². The van der Waals surface area contributed by atoms with Gasteiger partial charge in [0.15, 0.2) is 5.60 Å². The van der Waals surface area contributed by atoms with Gasteiger partial charge in [-0.05, 0) is 19.3 Å². The lowest BCUT2D eigenvalue weighted by molar-refractivity contribution is -0.0406. The van der Waals surface area contributed by atoms with Crippen molar-refractivity contribution in [2.45, 2.75) is 31.8 Å². The zero-order valence-corrected chi connectivity index (χ0v) is 10.7. The first-order chi connectivity index (χ1) is 8.28. The van der Waals surface area contributed by atoms with Crippen LogP contribution in [0.25, 0.3) is 0 Å². The Labute approximate surface area is 103 Å². The lowest BCUT2D eigenvalue weighted by Gasteiger charge is -2.37. The highest BCUT2D eigenvalue weighted by Crippen LogP contribution is 2.27. The fourth-order valence-corrected chi connectivity index (χ4v) is 2.75. The topological polar surface area (TPSA) is 45.5 Å². The predicted octanol–water partition coefficient (Wildman–Crippen LogP) is 1.42. The third-order valence-electron chi connectivity index (χ3n) is 3.83. The first-order valence-corrected chi connectivity index (χ1v) is 6.63. The summed E-state index contributed by atoms with van der Waals surface area (Å²) in [6.45, 7) is 7.48. The van der Waals surface area contributed by atoms with Crippen LogP contribution in [0.15, 0.2) is 0 Å². The number of likely N-dealkylation sites (tertiary alicyclic amines) is 1. The number of hydrogen-bond donors (Lipinski definition) is 0. The normalized spacial score (nSPS) is 29.1. The molecule has 4 nitrogen and oxygen atoms in total. The van der Waals surface area contributed by atoms with Crippen LogP contribution in [-0.4, -0.2) is 50.0 Å². The highest BCUT2D eigenvalue weighted by Gasteiger charge is 2.35. The largest absolute Gasteiger partial charge is 0.381 e. The Morgan fingerprint density at radius 2 is 2.24 bits per heavy atom. The molecule has 2 aliphatic heterocycles. The minimum atomic E-state index is -0.516. The van der Waals surface area contributed by atoms with E-state index in [-0.39, 0.29) is 0 Å². The summed E-state index contributed by atoms with van der Waals surface area (Å²) in [4.78, 5) is 2.45. The van der Waals surface area contributed by atoms with Gasteiger partial charge >= 0.3 is 0 Å². The van der Waals surface area contributed by atoms with Crippen molar-refractivity contribution in [3.05, 3.63) is 0 Å². The molecule has 0 amide bonds. The molecule has 17 heavy (non-hydrogen) atoms. The predicted molar refractivity (Wildman–Crippen MR) is 64.6 cm³/mol. The Kier molecular flexibility index (Phi) is 4.38. The fourth-order valence-electron chi connectivity index (χ4n) is 2.75. The van der Waals surface area contributed by atoms with E-state index in [1.54, 1.807) is 0 Å². The van der Waals surface area contributed by atoms with E-state index < -0.39 is 5.60 Å². The summed E-state index contributed by atoms with van der Waals surface area (Å²) < 4.78 is 11.0. The molecule has 0 N–H and O–H groups in total. The first kappa shape index (κ1) is 12.8. The van der Waals surface area contributed by atoms with Gasteiger partial charge in [-0.25, -0.2) is 0 Å². The monoisotopic (exact) mass is 238 g/mol. The molecule has 2 rings (SSSR count). The number of nitriles is 1. The SMILES string of the molecule is CCOC1(C#N)CCN(CC2CCOC2)CC1. The van der Waals surface area contributed by atoms with Crippen LogP contribution in [-0.2, 0) is 9.47 Å². The molecule has 2 fully saturated rings. The standard InChI is InChI=1S/C13H22N2O2/c1-2-17-13(11-14)4-6-15(7-5-13)9-12-3-8-16-10-12/h12H,2-10H2,1H3. The van der Waals surface area contributed by atoms with Crippen molar-refractivity contribution in [3.63, 3.8) is 0 Å². The Morgan fingerprint density at radius 3 is 2.76 bits per heavy atom. The highest BCUT2D eigenvalue weighted by atomic mass is 16.5. The fraction of sp³-hybridized carbons (Fsp3) is 0.923. The summed E-state index contributed by atoms with van der Waals surface area (Å²) in [5, 5.41) is 9.23. The van der Waals surface area contributed by atoms with Gasteiger partial charge in [0.25, 0.3) is 0 Å². The second-order valence-corrected chi connectivity index (χ2v) is 5.07. The van der Waals surface area contributed by atoms with Crippen molar-refractivity contribution in [2.75, 3.05) is 39.5 Å². The lowest BCUT2D eigenvalue weighted by atomic mass is 9.92. The van der Waals surface area contributed by atoms with Crippen LogP contribution in [0.5, 0.6) is 0 Å². The minimum Gasteiger partial charge on any atom is -0.381 e. The van der Waals surface area contributed by atoms with E-state index in [2.05, 4.69) is 11.0 Å². The number of ether oxygens (including phenoxy) is 2. The molecule has 2 aliphatic rings. The van der Waals surface area contributed by atoms with Crippen molar-refractivity contribution >= 4 is 0 Å². The van der Waals surface area contributed by atoms with Crippen LogP contribution in [0.1, 0.15) is 26.2 Å². The van der Waals surface area contributed by atoms with E-state index in [9.17, 15) is 5.26 Å². The molecule has 0 aromatic carbocycles. The maximum atomic E-state index is 9.23. The zero-order valence-electron chi connectivity index (χ0n) is 10.7. The molecule has 4 heteroatoms. The van der Waals surface area contributed by atoms with Crippen LogP contribution in [0.3, 0.4) is 0 Å². The smallest absolute Gasteiger partial charge is 0.156 e. The van der Waals surface area contributed by atoms with Crippen molar-refractivity contribution in [3.8, 4) is 6.07 Å². The van der Waals surface area contributed by atoms with Gasteiger partial charge in [-0.3, -0.25) is 0 Å². The van der Waals surface area contributed by atoms with E-state index in [1.807, 2.05) is 6.92 Å². The maximum absolute atomic E-state index is 9.23. The quantitative estimate of drug-likeness (QED) is 0.743. The molecule has 2 heterocycles. The van der Waals surface area contributed by atoms with Crippen molar-refractivity contribution in [1.82, 2.24) is 4.90 Å². The number of rotatable bonds is 4. The van der Waals surface area contributed by atoms with Crippen LogP contribution in [0.4, 0.5) is 0 Å². The van der Waals surface area contributed by atoms with Gasteiger partial charge in [0.2, 0.25) is 0 Å². The number of hydrogen-bond acceptors (Lipinski definition) is 4. The second-order valence-electron chi connectivity index (χ2n) is 5.07. The molecule has 1 atom stereocenters. The molecule has 0 aromatic rings. The molecule has 0 saturated carbocycles. The number of nitrogens with zero attached hydrogens (tertiary/aromatic N) is 2. The molecule has 96 valence electrons. The third-order valence-corrected chi connectivity index (χ3v) is 3.83. The van der Waals surface area contributed by atoms with Crippen LogP contribution in [0.2, 0.25) is 0 Å². The summed E-state index contributed by atoms with van der Waals surface area (Å²) in [5.74, 6) is 0.691. The van der Waals surface area contributed by atoms with Gasteiger partial charge in [0.1, 0.15) is 0 Å². The summed E-state index contributed by atoms with van der Waals surface area (Å²) in [5.41, 5.74) is -0.516. The molecule has 0 spiro atoms. The molecular formula is C13H22N2O2. The number of piperidine rings is 1. The Morgan fingerprint density at radius 1 is 1.47 bits per heavy atom. The summed E-state index contributed by atoms with van der Waals surface area (Å²) >= 11 is 0. The van der Waals surface area contributed by atoms with Crippen molar-refractivity contribution in [1.29, 1.82) is 5.26 Å². The maximum Gasteiger partial charge on any atom is 0.156 e. The molecule has 0 aliphatic carbocycles. The van der Waals surface area contributed by atoms with Crippen molar-refractivity contribution in [2.24, 2.45) is 5.92 Å².